The number of aromatic nitrogens is 2. The molecule has 1 aromatic carbocycles. The van der Waals surface area contributed by atoms with E-state index in [-0.39, 0.29) is 22.7 Å². The monoisotopic (exact) mass is 396 g/mol. The molecule has 1 amide bonds. The highest BCUT2D eigenvalue weighted by Gasteiger charge is 2.39. The fraction of sp³-hybridized carbons (Fsp3) is 0.500. The maximum atomic E-state index is 12.9. The summed E-state index contributed by atoms with van der Waals surface area (Å²) in [6.07, 6.45) is 5.54. The maximum absolute atomic E-state index is 12.9. The Bertz CT molecular complexity index is 884. The Morgan fingerprint density at radius 1 is 1.03 bits per heavy atom. The largest absolute Gasteiger partial charge is 0.381 e. The molecule has 0 bridgehead atoms. The van der Waals surface area contributed by atoms with E-state index in [0.717, 1.165) is 39.1 Å². The predicted octanol–water partition coefficient (Wildman–Crippen LogP) is 2.00. The number of nitrogens with zero attached hydrogens (tertiary/aromatic N) is 3. The molecule has 0 saturated carbocycles. The van der Waals surface area contributed by atoms with E-state index >= 15 is 0 Å². The van der Waals surface area contributed by atoms with Gasteiger partial charge in [0.2, 0.25) is 0 Å². The molecule has 29 heavy (non-hydrogen) atoms. The predicted molar refractivity (Wildman–Crippen MR) is 110 cm³/mol. The van der Waals surface area contributed by atoms with Gasteiger partial charge in [0, 0.05) is 31.4 Å². The first-order valence-corrected chi connectivity index (χ1v) is 10.4. The van der Waals surface area contributed by atoms with E-state index in [9.17, 15) is 9.59 Å². The van der Waals surface area contributed by atoms with Gasteiger partial charge in [-0.3, -0.25) is 14.5 Å². The first-order chi connectivity index (χ1) is 14.2. The summed E-state index contributed by atoms with van der Waals surface area (Å²) in [7, 11) is 0. The van der Waals surface area contributed by atoms with Gasteiger partial charge in [0.1, 0.15) is 5.69 Å². The van der Waals surface area contributed by atoms with Gasteiger partial charge in [-0.2, -0.15) is 9.78 Å². The Morgan fingerprint density at radius 2 is 1.76 bits per heavy atom. The molecule has 2 aliphatic rings. The number of nitrogens with one attached hydrogen (secondary N) is 1. The second kappa shape index (κ2) is 8.88. The third-order valence-electron chi connectivity index (χ3n) is 6.06. The summed E-state index contributed by atoms with van der Waals surface area (Å²) in [5.74, 6) is -0.252. The Balaban J connectivity index is 1.50. The highest BCUT2D eigenvalue weighted by Crippen LogP contribution is 2.30. The molecule has 1 aromatic heterocycles. The SMILES string of the molecule is O=C(NCC1(N2CCCCC2)CCOCC1)c1ccc(=O)n(-c2ccccc2)n1. The van der Waals surface area contributed by atoms with Crippen molar-refractivity contribution in [2.45, 2.75) is 37.6 Å². The van der Waals surface area contributed by atoms with Crippen LogP contribution in [0.3, 0.4) is 0 Å². The van der Waals surface area contributed by atoms with Gasteiger partial charge in [-0.05, 0) is 57.0 Å². The fourth-order valence-electron chi connectivity index (χ4n) is 4.35. The summed E-state index contributed by atoms with van der Waals surface area (Å²) in [5.41, 5.74) is 0.569. The second-order valence-corrected chi connectivity index (χ2v) is 7.87. The molecule has 1 N–H and O–H groups in total. The van der Waals surface area contributed by atoms with Gasteiger partial charge in [0.25, 0.3) is 11.5 Å². The van der Waals surface area contributed by atoms with Crippen molar-refractivity contribution in [1.29, 1.82) is 0 Å². The van der Waals surface area contributed by atoms with E-state index in [2.05, 4.69) is 15.3 Å². The number of ether oxygens (including phenoxy) is 1. The lowest BCUT2D eigenvalue weighted by atomic mass is 9.86. The van der Waals surface area contributed by atoms with Crippen molar-refractivity contribution in [3.63, 3.8) is 0 Å². The van der Waals surface area contributed by atoms with Crippen LogP contribution in [0.15, 0.2) is 47.3 Å². The number of amides is 1. The van der Waals surface area contributed by atoms with Crippen LogP contribution >= 0.6 is 0 Å². The van der Waals surface area contributed by atoms with Crippen LogP contribution in [-0.4, -0.2) is 59.0 Å². The standard InChI is InChI=1S/C22H28N4O3/c27-20-10-9-19(24-26(20)18-7-3-1-4-8-18)21(28)23-17-22(11-15-29-16-12-22)25-13-5-2-6-14-25/h1,3-4,7-10H,2,5-6,11-17H2,(H,23,28). The van der Waals surface area contributed by atoms with Gasteiger partial charge < -0.3 is 10.1 Å². The van der Waals surface area contributed by atoms with Crippen molar-refractivity contribution in [3.8, 4) is 5.69 Å². The normalized spacial score (nSPS) is 19.6. The van der Waals surface area contributed by atoms with Gasteiger partial charge in [-0.15, -0.1) is 0 Å². The number of benzene rings is 1. The van der Waals surface area contributed by atoms with Gasteiger partial charge in [0.05, 0.1) is 5.69 Å². The number of para-hydroxylation sites is 1. The number of piperidine rings is 1. The minimum absolute atomic E-state index is 0.0534. The molecule has 7 nitrogen and oxygen atoms in total. The molecule has 2 saturated heterocycles. The second-order valence-electron chi connectivity index (χ2n) is 7.87. The molecule has 7 heteroatoms. The van der Waals surface area contributed by atoms with E-state index in [4.69, 9.17) is 4.74 Å². The first kappa shape index (κ1) is 19.8. The van der Waals surface area contributed by atoms with Crippen LogP contribution in [0.1, 0.15) is 42.6 Å². The summed E-state index contributed by atoms with van der Waals surface area (Å²) < 4.78 is 6.86. The molecule has 2 aliphatic heterocycles. The number of hydrogen-bond donors (Lipinski definition) is 1. The summed E-state index contributed by atoms with van der Waals surface area (Å²) in [4.78, 5) is 27.6. The molecule has 0 spiro atoms. The van der Waals surface area contributed by atoms with Gasteiger partial charge in [0.15, 0.2) is 0 Å². The van der Waals surface area contributed by atoms with Crippen molar-refractivity contribution in [2.24, 2.45) is 0 Å². The zero-order valence-corrected chi connectivity index (χ0v) is 16.7. The van der Waals surface area contributed by atoms with Crippen LogP contribution in [0, 0.1) is 0 Å². The Labute approximate surface area is 170 Å². The molecule has 4 rings (SSSR count). The zero-order valence-electron chi connectivity index (χ0n) is 16.7. The average molecular weight is 396 g/mol. The Kier molecular flexibility index (Phi) is 6.06. The van der Waals surface area contributed by atoms with Crippen LogP contribution in [0.25, 0.3) is 5.69 Å². The average Bonchev–Trinajstić information content (AvgIpc) is 2.79. The molecule has 0 atom stereocenters. The lowest BCUT2D eigenvalue weighted by molar-refractivity contribution is -0.0349. The third-order valence-corrected chi connectivity index (χ3v) is 6.06. The van der Waals surface area contributed by atoms with Gasteiger partial charge >= 0.3 is 0 Å². The molecular formula is C22H28N4O3. The number of carbonyl (C=O) groups is 1. The molecule has 0 aliphatic carbocycles. The number of hydrogen-bond acceptors (Lipinski definition) is 5. The van der Waals surface area contributed by atoms with Crippen LogP contribution in [0.5, 0.6) is 0 Å². The summed E-state index contributed by atoms with van der Waals surface area (Å²) >= 11 is 0. The highest BCUT2D eigenvalue weighted by molar-refractivity contribution is 5.92. The Hall–Kier alpha value is -2.51. The molecule has 154 valence electrons. The van der Waals surface area contributed by atoms with Crippen LogP contribution in [0.4, 0.5) is 0 Å². The first-order valence-electron chi connectivity index (χ1n) is 10.4. The van der Waals surface area contributed by atoms with Crippen molar-refractivity contribution in [1.82, 2.24) is 20.0 Å². The molecule has 2 fully saturated rings. The van der Waals surface area contributed by atoms with Gasteiger partial charge in [-0.25, -0.2) is 0 Å². The molecular weight excluding hydrogens is 368 g/mol. The quantitative estimate of drug-likeness (QED) is 0.837. The van der Waals surface area contributed by atoms with Crippen molar-refractivity contribution >= 4 is 5.91 Å². The van der Waals surface area contributed by atoms with Crippen LogP contribution in [-0.2, 0) is 4.74 Å². The van der Waals surface area contributed by atoms with Crippen LogP contribution < -0.4 is 10.9 Å². The number of rotatable bonds is 5. The highest BCUT2D eigenvalue weighted by atomic mass is 16.5. The third kappa shape index (κ3) is 4.41. The smallest absolute Gasteiger partial charge is 0.271 e. The molecule has 0 unspecified atom stereocenters. The van der Waals surface area contributed by atoms with Crippen LogP contribution in [0.2, 0.25) is 0 Å². The van der Waals surface area contributed by atoms with Crippen molar-refractivity contribution in [2.75, 3.05) is 32.8 Å². The van der Waals surface area contributed by atoms with E-state index in [1.165, 1.54) is 36.1 Å². The molecule has 3 heterocycles. The number of likely N-dealkylation sites (tertiary alicyclic amines) is 1. The molecule has 0 radical (unpaired) electrons. The minimum Gasteiger partial charge on any atom is -0.381 e. The van der Waals surface area contributed by atoms with Crippen molar-refractivity contribution < 1.29 is 9.53 Å². The van der Waals surface area contributed by atoms with E-state index in [1.54, 1.807) is 12.1 Å². The van der Waals surface area contributed by atoms with E-state index in [0.29, 0.717) is 12.2 Å². The Morgan fingerprint density at radius 3 is 2.48 bits per heavy atom. The lowest BCUT2D eigenvalue weighted by Crippen LogP contribution is -2.59. The van der Waals surface area contributed by atoms with Gasteiger partial charge in [-0.1, -0.05) is 24.6 Å². The molecule has 2 aromatic rings. The summed E-state index contributed by atoms with van der Waals surface area (Å²) in [6, 6.07) is 12.0. The van der Waals surface area contributed by atoms with Crippen molar-refractivity contribution in [3.05, 3.63) is 58.5 Å². The maximum Gasteiger partial charge on any atom is 0.271 e. The lowest BCUT2D eigenvalue weighted by Gasteiger charge is -2.48. The zero-order chi connectivity index (χ0) is 20.1. The summed E-state index contributed by atoms with van der Waals surface area (Å²) in [5, 5.41) is 7.39. The topological polar surface area (TPSA) is 76.5 Å². The minimum atomic E-state index is -0.262. The van der Waals surface area contributed by atoms with E-state index < -0.39 is 0 Å². The number of carbonyl (C=O) groups excluding carboxylic acids is 1. The fourth-order valence-corrected chi connectivity index (χ4v) is 4.35. The summed E-state index contributed by atoms with van der Waals surface area (Å²) in [6.45, 7) is 4.17. The van der Waals surface area contributed by atoms with E-state index in [1.807, 2.05) is 18.2 Å².